The van der Waals surface area contributed by atoms with Crippen LogP contribution in [0.5, 0.6) is 5.75 Å². The van der Waals surface area contributed by atoms with E-state index in [2.05, 4.69) is 20.3 Å². The first-order valence-corrected chi connectivity index (χ1v) is 9.46. The number of methoxy groups -OCH3 is 1. The first-order chi connectivity index (χ1) is 14.3. The van der Waals surface area contributed by atoms with Crippen molar-refractivity contribution in [2.75, 3.05) is 19.5 Å². The molecule has 0 saturated heterocycles. The smallest absolute Gasteiger partial charge is 0.418 e. The third kappa shape index (κ3) is 2.94. The molecule has 3 aromatic rings. The standard InChI is InChI=1S/C20H18F3N5O2/c1-28-8-10-5-14(30-2)13(6-11(10)18(28)29)25-19-26-16(9-3-4-9)15-12(20(21,22)23)7-24-17(15)27-19/h5-7,9H,3-4,8H2,1-2H3,(H2,24,25,26,27). The van der Waals surface area contributed by atoms with E-state index in [-0.39, 0.29) is 28.8 Å². The topological polar surface area (TPSA) is 83.1 Å². The number of anilines is 2. The maximum Gasteiger partial charge on any atom is 0.418 e. The normalized spacial score (nSPS) is 16.3. The molecular weight excluding hydrogens is 399 g/mol. The van der Waals surface area contributed by atoms with Crippen LogP contribution in [-0.4, -0.2) is 39.9 Å². The number of amides is 1. The van der Waals surface area contributed by atoms with E-state index in [0.29, 0.717) is 29.2 Å². The van der Waals surface area contributed by atoms with E-state index in [9.17, 15) is 18.0 Å². The lowest BCUT2D eigenvalue weighted by atomic mass is 10.1. The van der Waals surface area contributed by atoms with Crippen molar-refractivity contribution >= 4 is 28.6 Å². The summed E-state index contributed by atoms with van der Waals surface area (Å²) >= 11 is 0. The van der Waals surface area contributed by atoms with E-state index in [1.54, 1.807) is 24.1 Å². The molecule has 1 aliphatic carbocycles. The molecule has 1 aromatic carbocycles. The van der Waals surface area contributed by atoms with Gasteiger partial charge in [-0.25, -0.2) is 4.98 Å². The van der Waals surface area contributed by atoms with Crippen LogP contribution in [0.3, 0.4) is 0 Å². The number of hydrogen-bond acceptors (Lipinski definition) is 5. The molecule has 1 aliphatic heterocycles. The summed E-state index contributed by atoms with van der Waals surface area (Å²) < 4.78 is 45.7. The molecule has 10 heteroatoms. The largest absolute Gasteiger partial charge is 0.495 e. The lowest BCUT2D eigenvalue weighted by molar-refractivity contribution is -0.136. The Morgan fingerprint density at radius 2 is 2.03 bits per heavy atom. The van der Waals surface area contributed by atoms with E-state index in [1.807, 2.05) is 0 Å². The number of carbonyl (C=O) groups is 1. The van der Waals surface area contributed by atoms with Crippen molar-refractivity contribution < 1.29 is 22.7 Å². The van der Waals surface area contributed by atoms with Gasteiger partial charge in [-0.3, -0.25) is 4.79 Å². The van der Waals surface area contributed by atoms with Gasteiger partial charge >= 0.3 is 6.18 Å². The van der Waals surface area contributed by atoms with Crippen LogP contribution in [0.2, 0.25) is 0 Å². The van der Waals surface area contributed by atoms with Crippen LogP contribution in [0, 0.1) is 0 Å². The van der Waals surface area contributed by atoms with Crippen LogP contribution in [-0.2, 0) is 12.7 Å². The second kappa shape index (κ2) is 6.35. The minimum atomic E-state index is -4.49. The number of aromatic nitrogens is 3. The van der Waals surface area contributed by atoms with Crippen LogP contribution < -0.4 is 10.1 Å². The minimum Gasteiger partial charge on any atom is -0.495 e. The molecule has 0 radical (unpaired) electrons. The number of fused-ring (bicyclic) bond motifs is 2. The van der Waals surface area contributed by atoms with Gasteiger partial charge in [0.2, 0.25) is 5.95 Å². The zero-order valence-corrected chi connectivity index (χ0v) is 16.2. The fraction of sp³-hybridized carbons (Fsp3) is 0.350. The lowest BCUT2D eigenvalue weighted by Gasteiger charge is -2.13. The number of carbonyl (C=O) groups excluding carboxylic acids is 1. The van der Waals surface area contributed by atoms with Gasteiger partial charge in [-0.15, -0.1) is 0 Å². The Morgan fingerprint density at radius 3 is 2.70 bits per heavy atom. The third-order valence-electron chi connectivity index (χ3n) is 5.49. The summed E-state index contributed by atoms with van der Waals surface area (Å²) in [6, 6.07) is 3.44. The Bertz CT molecular complexity index is 1180. The summed E-state index contributed by atoms with van der Waals surface area (Å²) in [4.78, 5) is 25.2. The molecule has 0 spiro atoms. The highest BCUT2D eigenvalue weighted by atomic mass is 19.4. The molecule has 1 fully saturated rings. The number of benzene rings is 1. The summed E-state index contributed by atoms with van der Waals surface area (Å²) in [7, 11) is 3.22. The average molecular weight is 417 g/mol. The number of nitrogens with one attached hydrogen (secondary N) is 2. The number of hydrogen-bond donors (Lipinski definition) is 2. The molecule has 0 unspecified atom stereocenters. The predicted octanol–water partition coefficient (Wildman–Crippen LogP) is 4.19. The highest BCUT2D eigenvalue weighted by Crippen LogP contribution is 2.46. The summed E-state index contributed by atoms with van der Waals surface area (Å²) in [5.41, 5.74) is 1.62. The van der Waals surface area contributed by atoms with Crippen LogP contribution in [0.4, 0.5) is 24.8 Å². The van der Waals surface area contributed by atoms with E-state index in [1.165, 1.54) is 7.11 Å². The van der Waals surface area contributed by atoms with Crippen LogP contribution in [0.25, 0.3) is 11.0 Å². The summed E-state index contributed by atoms with van der Waals surface area (Å²) in [5.74, 6) is 0.517. The van der Waals surface area contributed by atoms with Crippen molar-refractivity contribution in [3.05, 3.63) is 40.7 Å². The lowest BCUT2D eigenvalue weighted by Crippen LogP contribution is -2.17. The van der Waals surface area contributed by atoms with Gasteiger partial charge in [-0.2, -0.15) is 18.2 Å². The molecule has 7 nitrogen and oxygen atoms in total. The monoisotopic (exact) mass is 417 g/mol. The number of alkyl halides is 3. The number of rotatable bonds is 4. The quantitative estimate of drug-likeness (QED) is 0.665. The van der Waals surface area contributed by atoms with Gasteiger partial charge < -0.3 is 19.9 Å². The van der Waals surface area contributed by atoms with E-state index < -0.39 is 11.7 Å². The van der Waals surface area contributed by atoms with Gasteiger partial charge in [0.15, 0.2) is 0 Å². The van der Waals surface area contributed by atoms with Crippen molar-refractivity contribution in [2.45, 2.75) is 31.5 Å². The van der Waals surface area contributed by atoms with Crippen LogP contribution in [0.15, 0.2) is 18.3 Å². The number of aromatic amines is 1. The van der Waals surface area contributed by atoms with Gasteiger partial charge in [0.1, 0.15) is 11.4 Å². The van der Waals surface area contributed by atoms with Gasteiger partial charge in [-0.1, -0.05) is 0 Å². The zero-order chi connectivity index (χ0) is 21.2. The first-order valence-electron chi connectivity index (χ1n) is 9.46. The second-order valence-corrected chi connectivity index (χ2v) is 7.63. The number of ether oxygens (including phenoxy) is 1. The van der Waals surface area contributed by atoms with E-state index in [4.69, 9.17) is 4.74 Å². The predicted molar refractivity (Wildman–Crippen MR) is 103 cm³/mol. The van der Waals surface area contributed by atoms with E-state index in [0.717, 1.165) is 24.6 Å². The SMILES string of the molecule is COc1cc2c(cc1Nc1nc(C3CC3)c3c(C(F)(F)F)c[nH]c3n1)C(=O)N(C)C2. The average Bonchev–Trinajstić information content (AvgIpc) is 3.38. The minimum absolute atomic E-state index is 0.0215. The van der Waals surface area contributed by atoms with Crippen molar-refractivity contribution in [3.63, 3.8) is 0 Å². The Morgan fingerprint density at radius 1 is 1.27 bits per heavy atom. The summed E-state index contributed by atoms with van der Waals surface area (Å²) in [5, 5.41) is 3.05. The number of halogens is 3. The summed E-state index contributed by atoms with van der Waals surface area (Å²) in [6.45, 7) is 0.488. The van der Waals surface area contributed by atoms with Crippen molar-refractivity contribution in [1.29, 1.82) is 0 Å². The Balaban J connectivity index is 1.59. The molecule has 5 rings (SSSR count). The Labute approximate surface area is 169 Å². The molecule has 30 heavy (non-hydrogen) atoms. The fourth-order valence-corrected chi connectivity index (χ4v) is 3.86. The molecular formula is C20H18F3N5O2. The van der Waals surface area contributed by atoms with Gasteiger partial charge in [0, 0.05) is 31.3 Å². The van der Waals surface area contributed by atoms with Gasteiger partial charge in [0.25, 0.3) is 5.91 Å². The van der Waals surface area contributed by atoms with Gasteiger partial charge in [-0.05, 0) is 30.5 Å². The molecule has 2 aliphatic rings. The van der Waals surface area contributed by atoms with E-state index >= 15 is 0 Å². The Kier molecular flexibility index (Phi) is 3.96. The highest BCUT2D eigenvalue weighted by Gasteiger charge is 2.38. The zero-order valence-electron chi connectivity index (χ0n) is 16.2. The molecule has 2 aromatic heterocycles. The molecule has 0 bridgehead atoms. The first kappa shape index (κ1) is 18.7. The molecule has 156 valence electrons. The maximum atomic E-state index is 13.4. The molecule has 1 saturated carbocycles. The molecule has 1 amide bonds. The maximum absolute atomic E-state index is 13.4. The van der Waals surface area contributed by atoms with Crippen molar-refractivity contribution in [3.8, 4) is 5.75 Å². The molecule has 2 N–H and O–H groups in total. The van der Waals surface area contributed by atoms with Crippen molar-refractivity contribution in [2.24, 2.45) is 0 Å². The van der Waals surface area contributed by atoms with Crippen molar-refractivity contribution in [1.82, 2.24) is 19.9 Å². The number of H-pyrrole nitrogens is 1. The fourth-order valence-electron chi connectivity index (χ4n) is 3.86. The van der Waals surface area contributed by atoms with Crippen LogP contribution >= 0.6 is 0 Å². The Hall–Kier alpha value is -3.30. The molecule has 0 atom stereocenters. The number of nitrogens with zero attached hydrogens (tertiary/aromatic N) is 3. The summed E-state index contributed by atoms with van der Waals surface area (Å²) in [6.07, 6.45) is -1.98. The second-order valence-electron chi connectivity index (χ2n) is 7.63. The van der Waals surface area contributed by atoms with Crippen LogP contribution in [0.1, 0.15) is 45.9 Å². The third-order valence-corrected chi connectivity index (χ3v) is 5.49. The highest BCUT2D eigenvalue weighted by molar-refractivity contribution is 6.00. The molecule has 3 heterocycles. The van der Waals surface area contributed by atoms with Gasteiger partial charge in [0.05, 0.1) is 29.4 Å².